The quantitative estimate of drug-likeness (QED) is 0.586. The third-order valence-electron chi connectivity index (χ3n) is 4.25. The van der Waals surface area contributed by atoms with Crippen molar-refractivity contribution in [1.29, 1.82) is 0 Å². The lowest BCUT2D eigenvalue weighted by atomic mass is 10.1. The first kappa shape index (κ1) is 21.1. The molecule has 6 nitrogen and oxygen atoms in total. The highest BCUT2D eigenvalue weighted by Gasteiger charge is 2.23. The van der Waals surface area contributed by atoms with E-state index in [4.69, 9.17) is 21.4 Å². The Labute approximate surface area is 172 Å². The topological polar surface area (TPSA) is 85.6 Å². The maximum Gasteiger partial charge on any atom is 0.303 e. The normalized spacial score (nSPS) is 11.9. The van der Waals surface area contributed by atoms with Gasteiger partial charge in [0.2, 0.25) is 0 Å². The Morgan fingerprint density at radius 2 is 1.97 bits per heavy atom. The number of halogens is 2. The smallest absolute Gasteiger partial charge is 0.303 e. The van der Waals surface area contributed by atoms with E-state index in [1.807, 2.05) is 13.8 Å². The fraction of sp³-hybridized carbons (Fsp3) is 0.250. The third-order valence-corrected chi connectivity index (χ3v) is 6.21. The zero-order chi connectivity index (χ0) is 21.3. The third kappa shape index (κ3) is 4.38. The highest BCUT2D eigenvalue weighted by Crippen LogP contribution is 2.31. The van der Waals surface area contributed by atoms with Crippen molar-refractivity contribution >= 4 is 38.5 Å². The van der Waals surface area contributed by atoms with Crippen molar-refractivity contribution in [3.8, 4) is 5.75 Å². The van der Waals surface area contributed by atoms with E-state index in [0.717, 1.165) is 22.2 Å². The fourth-order valence-electron chi connectivity index (χ4n) is 2.98. The van der Waals surface area contributed by atoms with Gasteiger partial charge in [-0.3, -0.25) is 4.79 Å². The monoisotopic (exact) mass is 439 g/mol. The molecule has 9 heteroatoms. The molecule has 1 aromatic heterocycles. The van der Waals surface area contributed by atoms with Crippen molar-refractivity contribution in [2.75, 3.05) is 0 Å². The van der Waals surface area contributed by atoms with Crippen molar-refractivity contribution in [1.82, 2.24) is 3.97 Å². The molecule has 29 heavy (non-hydrogen) atoms. The molecular formula is C20H19ClFNO5S. The van der Waals surface area contributed by atoms with E-state index in [2.05, 4.69) is 0 Å². The molecule has 0 bridgehead atoms. The number of aromatic nitrogens is 1. The van der Waals surface area contributed by atoms with Crippen molar-refractivity contribution in [3.63, 3.8) is 0 Å². The summed E-state index contributed by atoms with van der Waals surface area (Å²) in [5.74, 6) is -1.17. The van der Waals surface area contributed by atoms with Crippen LogP contribution < -0.4 is 4.74 Å². The summed E-state index contributed by atoms with van der Waals surface area (Å²) in [7, 11) is -4.08. The highest BCUT2D eigenvalue weighted by atomic mass is 35.5. The number of nitrogens with zero attached hydrogens (tertiary/aromatic N) is 1. The molecule has 3 rings (SSSR count). The Bertz CT molecular complexity index is 1190. The summed E-state index contributed by atoms with van der Waals surface area (Å²) in [6, 6.07) is 8.10. The number of ether oxygens (including phenoxy) is 1. The number of aryl methyl sites for hydroxylation is 1. The Morgan fingerprint density at radius 1 is 1.24 bits per heavy atom. The van der Waals surface area contributed by atoms with Gasteiger partial charge in [0.25, 0.3) is 10.0 Å². The maximum absolute atomic E-state index is 13.5. The Morgan fingerprint density at radius 3 is 2.59 bits per heavy atom. The lowest BCUT2D eigenvalue weighted by molar-refractivity contribution is -0.136. The van der Waals surface area contributed by atoms with Gasteiger partial charge in [-0.1, -0.05) is 11.6 Å². The summed E-state index contributed by atoms with van der Waals surface area (Å²) in [6.07, 6.45) is 1.29. The van der Waals surface area contributed by atoms with Crippen molar-refractivity contribution in [3.05, 3.63) is 59.0 Å². The second-order valence-electron chi connectivity index (χ2n) is 6.77. The van der Waals surface area contributed by atoms with Crippen LogP contribution in [0.1, 0.15) is 25.8 Å². The van der Waals surface area contributed by atoms with Crippen LogP contribution in [0.4, 0.5) is 4.39 Å². The number of carboxylic acid groups (broad SMARTS) is 1. The Kier molecular flexibility index (Phi) is 5.86. The van der Waals surface area contributed by atoms with Crippen molar-refractivity contribution in [2.45, 2.75) is 37.7 Å². The molecule has 0 atom stereocenters. The van der Waals surface area contributed by atoms with Crippen LogP contribution in [0.2, 0.25) is 5.02 Å². The molecular weight excluding hydrogens is 421 g/mol. The van der Waals surface area contributed by atoms with Crippen LogP contribution in [-0.2, 0) is 21.2 Å². The van der Waals surface area contributed by atoms with E-state index in [1.54, 1.807) is 18.2 Å². The summed E-state index contributed by atoms with van der Waals surface area (Å²) < 4.78 is 46.5. The van der Waals surface area contributed by atoms with E-state index in [0.29, 0.717) is 22.2 Å². The summed E-state index contributed by atoms with van der Waals surface area (Å²) in [4.78, 5) is 10.8. The number of hydrogen-bond acceptors (Lipinski definition) is 4. The zero-order valence-corrected chi connectivity index (χ0v) is 17.3. The molecule has 154 valence electrons. The number of carboxylic acids is 1. The molecule has 0 aliphatic carbocycles. The molecule has 0 spiro atoms. The molecule has 0 aliphatic heterocycles. The average molecular weight is 440 g/mol. The minimum atomic E-state index is -4.08. The van der Waals surface area contributed by atoms with Gasteiger partial charge in [0.1, 0.15) is 11.6 Å². The van der Waals surface area contributed by atoms with Gasteiger partial charge in [-0.25, -0.2) is 16.8 Å². The largest absolute Gasteiger partial charge is 0.491 e. The average Bonchev–Trinajstić information content (AvgIpc) is 3.00. The number of aliphatic carboxylic acids is 1. The number of hydrogen-bond donors (Lipinski definition) is 1. The highest BCUT2D eigenvalue weighted by molar-refractivity contribution is 7.90. The first-order valence-corrected chi connectivity index (χ1v) is 10.6. The molecule has 3 aromatic rings. The van der Waals surface area contributed by atoms with Crippen LogP contribution in [0.5, 0.6) is 5.75 Å². The molecule has 0 saturated carbocycles. The van der Waals surface area contributed by atoms with Gasteiger partial charge in [0.05, 0.1) is 21.5 Å². The minimum absolute atomic E-state index is 0.0814. The van der Waals surface area contributed by atoms with Gasteiger partial charge in [0, 0.05) is 18.0 Å². The molecule has 0 unspecified atom stereocenters. The summed E-state index contributed by atoms with van der Waals surface area (Å²) >= 11 is 5.75. The van der Waals surface area contributed by atoms with Crippen LogP contribution in [0.15, 0.2) is 47.5 Å². The van der Waals surface area contributed by atoms with E-state index in [1.165, 1.54) is 6.20 Å². The molecule has 0 fully saturated rings. The van der Waals surface area contributed by atoms with E-state index in [-0.39, 0.29) is 28.9 Å². The number of rotatable bonds is 7. The number of benzene rings is 2. The Hall–Kier alpha value is -2.58. The first-order valence-electron chi connectivity index (χ1n) is 8.82. The van der Waals surface area contributed by atoms with Crippen molar-refractivity contribution < 1.29 is 27.4 Å². The van der Waals surface area contributed by atoms with Crippen LogP contribution in [0.25, 0.3) is 10.9 Å². The minimum Gasteiger partial charge on any atom is -0.491 e. The molecule has 2 aromatic carbocycles. The van der Waals surface area contributed by atoms with Gasteiger partial charge in [-0.15, -0.1) is 0 Å². The van der Waals surface area contributed by atoms with Crippen LogP contribution in [0.3, 0.4) is 0 Å². The molecule has 1 heterocycles. The Balaban J connectivity index is 2.18. The standard InChI is InChI=1S/C20H19ClFNO5S/c1-12(2)28-14-4-7-19-16(9-14)13(3-8-20(24)25)11-23(19)29(26,27)15-5-6-18(22)17(21)10-15/h4-7,9-12H,3,8H2,1-2H3,(H,24,25). The molecule has 0 aliphatic rings. The first-order chi connectivity index (χ1) is 13.6. The predicted molar refractivity (Wildman–Crippen MR) is 108 cm³/mol. The maximum atomic E-state index is 13.5. The van der Waals surface area contributed by atoms with E-state index in [9.17, 15) is 17.6 Å². The molecule has 0 amide bonds. The van der Waals surface area contributed by atoms with Crippen LogP contribution >= 0.6 is 11.6 Å². The van der Waals surface area contributed by atoms with Gasteiger partial charge >= 0.3 is 5.97 Å². The van der Waals surface area contributed by atoms with Crippen molar-refractivity contribution in [2.24, 2.45) is 0 Å². The summed E-state index contributed by atoms with van der Waals surface area (Å²) in [5, 5.41) is 9.29. The van der Waals surface area contributed by atoms with Gasteiger partial charge < -0.3 is 9.84 Å². The molecule has 0 saturated heterocycles. The zero-order valence-electron chi connectivity index (χ0n) is 15.7. The van der Waals surface area contributed by atoms with Crippen LogP contribution in [-0.4, -0.2) is 29.6 Å². The lowest BCUT2D eigenvalue weighted by Gasteiger charge is -2.11. The number of carbonyl (C=O) groups is 1. The van der Waals surface area contributed by atoms with Gasteiger partial charge in [-0.05, 0) is 62.2 Å². The second kappa shape index (κ2) is 8.04. The molecule has 0 radical (unpaired) electrons. The summed E-state index contributed by atoms with van der Waals surface area (Å²) in [5.41, 5.74) is 0.912. The summed E-state index contributed by atoms with van der Waals surface area (Å²) in [6.45, 7) is 3.73. The SMILES string of the molecule is CC(C)Oc1ccc2c(c1)c(CCC(=O)O)cn2S(=O)(=O)c1ccc(F)c(Cl)c1. The number of fused-ring (bicyclic) bond motifs is 1. The van der Waals surface area contributed by atoms with Crippen LogP contribution in [0, 0.1) is 5.82 Å². The molecule has 1 N–H and O–H groups in total. The predicted octanol–water partition coefficient (Wildman–Crippen LogP) is 4.48. The lowest BCUT2D eigenvalue weighted by Crippen LogP contribution is -2.12. The fourth-order valence-corrected chi connectivity index (χ4v) is 4.64. The van der Waals surface area contributed by atoms with Gasteiger partial charge in [-0.2, -0.15) is 0 Å². The van der Waals surface area contributed by atoms with E-state index >= 15 is 0 Å². The second-order valence-corrected chi connectivity index (χ2v) is 8.99. The van der Waals surface area contributed by atoms with E-state index < -0.39 is 21.8 Å². The van der Waals surface area contributed by atoms with Gasteiger partial charge in [0.15, 0.2) is 0 Å².